The highest BCUT2D eigenvalue weighted by Gasteiger charge is 2.31. The maximum atomic E-state index is 12.9. The first-order valence-corrected chi connectivity index (χ1v) is 4.73. The van der Waals surface area contributed by atoms with Crippen LogP contribution in [0, 0.1) is 5.82 Å². The summed E-state index contributed by atoms with van der Waals surface area (Å²) in [4.78, 5) is 0. The number of aryl methyl sites for hydroxylation is 1. The van der Waals surface area contributed by atoms with Crippen LogP contribution in [0.2, 0.25) is 0 Å². The minimum absolute atomic E-state index is 0.232. The van der Waals surface area contributed by atoms with Crippen molar-refractivity contribution < 1.29 is 14.6 Å². The van der Waals surface area contributed by atoms with Crippen LogP contribution in [0.25, 0.3) is 0 Å². The molecule has 0 radical (unpaired) electrons. The minimum atomic E-state index is -1.01. The zero-order valence-electron chi connectivity index (χ0n) is 7.83. The van der Waals surface area contributed by atoms with E-state index in [-0.39, 0.29) is 12.4 Å². The first kappa shape index (κ1) is 9.62. The molecule has 0 aromatic heterocycles. The Bertz CT molecular complexity index is 351. The number of fused-ring (bicyclic) bond motifs is 1. The van der Waals surface area contributed by atoms with Gasteiger partial charge in [0.15, 0.2) is 0 Å². The highest BCUT2D eigenvalue weighted by molar-refractivity contribution is 5.32. The molecule has 0 heterocycles. The lowest BCUT2D eigenvalue weighted by Crippen LogP contribution is -2.39. The summed E-state index contributed by atoms with van der Waals surface area (Å²) in [6, 6.07) is 4.58. The molecule has 0 fully saturated rings. The Kier molecular flexibility index (Phi) is 2.29. The fourth-order valence-corrected chi connectivity index (χ4v) is 1.94. The average Bonchev–Trinajstić information content (AvgIpc) is 2.19. The van der Waals surface area contributed by atoms with Crippen LogP contribution in [0.4, 0.5) is 4.39 Å². The van der Waals surface area contributed by atoms with Gasteiger partial charge in [-0.15, -0.1) is 0 Å². The zero-order chi connectivity index (χ0) is 10.2. The number of aliphatic hydroxyl groups excluding tert-OH is 1. The molecule has 2 rings (SSSR count). The average molecular weight is 196 g/mol. The van der Waals surface area contributed by atoms with Gasteiger partial charge in [-0.05, 0) is 36.1 Å². The van der Waals surface area contributed by atoms with Crippen LogP contribution in [-0.4, -0.2) is 22.4 Å². The number of halogens is 1. The van der Waals surface area contributed by atoms with E-state index in [1.807, 2.05) is 0 Å². The Balaban J connectivity index is 2.31. The van der Waals surface area contributed by atoms with Crippen molar-refractivity contribution in [3.8, 4) is 0 Å². The van der Waals surface area contributed by atoms with Crippen molar-refractivity contribution in [1.82, 2.24) is 0 Å². The normalized spacial score (nSPS) is 25.9. The predicted octanol–water partition coefficient (Wildman–Crippen LogP) is 1.04. The van der Waals surface area contributed by atoms with E-state index in [2.05, 4.69) is 0 Å². The molecular formula is C11H13FO2. The van der Waals surface area contributed by atoms with Gasteiger partial charge in [-0.2, -0.15) is 0 Å². The summed E-state index contributed by atoms with van der Waals surface area (Å²) in [5.74, 6) is -0.238. The number of benzene rings is 1. The summed E-state index contributed by atoms with van der Waals surface area (Å²) in [6.07, 6.45) is 1.54. The molecule has 0 saturated carbocycles. The van der Waals surface area contributed by atoms with Crippen molar-refractivity contribution in [3.05, 3.63) is 35.1 Å². The number of rotatable bonds is 1. The molecule has 2 nitrogen and oxygen atoms in total. The third-order valence-electron chi connectivity index (χ3n) is 2.84. The van der Waals surface area contributed by atoms with Crippen LogP contribution in [0.5, 0.6) is 0 Å². The second-order valence-electron chi connectivity index (χ2n) is 3.97. The topological polar surface area (TPSA) is 40.5 Å². The summed E-state index contributed by atoms with van der Waals surface area (Å²) in [5.41, 5.74) is 0.877. The molecule has 2 N–H and O–H groups in total. The maximum Gasteiger partial charge on any atom is 0.123 e. The summed E-state index contributed by atoms with van der Waals surface area (Å²) in [5, 5.41) is 18.9. The van der Waals surface area contributed by atoms with Gasteiger partial charge in [0.1, 0.15) is 5.82 Å². The molecule has 14 heavy (non-hydrogen) atoms. The first-order valence-electron chi connectivity index (χ1n) is 4.73. The molecular weight excluding hydrogens is 183 g/mol. The van der Waals surface area contributed by atoms with Gasteiger partial charge in [-0.1, -0.05) is 6.07 Å². The first-order chi connectivity index (χ1) is 6.63. The molecule has 1 aliphatic rings. The molecule has 1 aliphatic carbocycles. The Morgan fingerprint density at radius 3 is 2.86 bits per heavy atom. The lowest BCUT2D eigenvalue weighted by molar-refractivity contribution is -0.0248. The van der Waals surface area contributed by atoms with Gasteiger partial charge >= 0.3 is 0 Å². The second-order valence-corrected chi connectivity index (χ2v) is 3.97. The van der Waals surface area contributed by atoms with Crippen LogP contribution < -0.4 is 0 Å². The summed E-state index contributed by atoms with van der Waals surface area (Å²) >= 11 is 0. The highest BCUT2D eigenvalue weighted by Crippen LogP contribution is 2.28. The standard InChI is InChI=1S/C11H13FO2/c12-10-2-1-9-6-11(14,7-13)4-3-8(9)5-10/h1-2,5,13-14H,3-4,6-7H2. The van der Waals surface area contributed by atoms with Crippen molar-refractivity contribution in [2.45, 2.75) is 24.9 Å². The Hall–Kier alpha value is -0.930. The largest absolute Gasteiger partial charge is 0.393 e. The van der Waals surface area contributed by atoms with Crippen molar-refractivity contribution in [3.63, 3.8) is 0 Å². The molecule has 1 aromatic carbocycles. The van der Waals surface area contributed by atoms with E-state index in [0.29, 0.717) is 19.3 Å². The molecule has 3 heteroatoms. The fourth-order valence-electron chi connectivity index (χ4n) is 1.94. The molecule has 1 unspecified atom stereocenters. The summed E-state index contributed by atoms with van der Waals surface area (Å²) < 4.78 is 12.9. The van der Waals surface area contributed by atoms with Crippen LogP contribution in [0.3, 0.4) is 0 Å². The van der Waals surface area contributed by atoms with Crippen LogP contribution in [-0.2, 0) is 12.8 Å². The maximum absolute atomic E-state index is 12.9. The molecule has 0 saturated heterocycles. The van der Waals surface area contributed by atoms with E-state index in [0.717, 1.165) is 11.1 Å². The third-order valence-corrected chi connectivity index (χ3v) is 2.84. The lowest BCUT2D eigenvalue weighted by Gasteiger charge is -2.31. The van der Waals surface area contributed by atoms with Crippen molar-refractivity contribution in [1.29, 1.82) is 0 Å². The van der Waals surface area contributed by atoms with Crippen molar-refractivity contribution in [2.24, 2.45) is 0 Å². The number of aliphatic hydroxyl groups is 2. The SMILES string of the molecule is OCC1(O)CCc2cc(F)ccc2C1. The summed E-state index contributed by atoms with van der Waals surface area (Å²) in [6.45, 7) is -0.232. The lowest BCUT2D eigenvalue weighted by atomic mass is 9.81. The second kappa shape index (κ2) is 3.33. The zero-order valence-corrected chi connectivity index (χ0v) is 7.83. The fraction of sp³-hybridized carbons (Fsp3) is 0.455. The minimum Gasteiger partial charge on any atom is -0.393 e. The molecule has 0 bridgehead atoms. The van der Waals surface area contributed by atoms with Gasteiger partial charge in [0.25, 0.3) is 0 Å². The molecule has 0 amide bonds. The monoisotopic (exact) mass is 196 g/mol. The third kappa shape index (κ3) is 1.65. The Morgan fingerprint density at radius 1 is 1.36 bits per heavy atom. The van der Waals surface area contributed by atoms with Gasteiger partial charge in [0, 0.05) is 6.42 Å². The molecule has 76 valence electrons. The van der Waals surface area contributed by atoms with E-state index in [1.54, 1.807) is 6.07 Å². The van der Waals surface area contributed by atoms with Crippen LogP contribution >= 0.6 is 0 Å². The van der Waals surface area contributed by atoms with Gasteiger partial charge < -0.3 is 10.2 Å². The van der Waals surface area contributed by atoms with Gasteiger partial charge in [-0.3, -0.25) is 0 Å². The van der Waals surface area contributed by atoms with Crippen molar-refractivity contribution >= 4 is 0 Å². The number of hydrogen-bond acceptors (Lipinski definition) is 2. The van der Waals surface area contributed by atoms with E-state index in [4.69, 9.17) is 5.11 Å². The quantitative estimate of drug-likeness (QED) is 0.704. The van der Waals surface area contributed by atoms with Gasteiger partial charge in [-0.25, -0.2) is 4.39 Å². The highest BCUT2D eigenvalue weighted by atomic mass is 19.1. The van der Waals surface area contributed by atoms with E-state index in [1.165, 1.54) is 12.1 Å². The Labute approximate surface area is 82.0 Å². The molecule has 0 aliphatic heterocycles. The predicted molar refractivity (Wildman–Crippen MR) is 50.5 cm³/mol. The summed E-state index contributed by atoms with van der Waals surface area (Å²) in [7, 11) is 0. The molecule has 1 atom stereocenters. The Morgan fingerprint density at radius 2 is 2.14 bits per heavy atom. The molecule has 0 spiro atoms. The van der Waals surface area contributed by atoms with Crippen LogP contribution in [0.1, 0.15) is 17.5 Å². The van der Waals surface area contributed by atoms with E-state index in [9.17, 15) is 9.50 Å². The van der Waals surface area contributed by atoms with Gasteiger partial charge in [0.2, 0.25) is 0 Å². The number of hydrogen-bond donors (Lipinski definition) is 2. The molecule has 1 aromatic rings. The van der Waals surface area contributed by atoms with Crippen LogP contribution in [0.15, 0.2) is 18.2 Å². The van der Waals surface area contributed by atoms with Gasteiger partial charge in [0.05, 0.1) is 12.2 Å². The van der Waals surface area contributed by atoms with Crippen molar-refractivity contribution in [2.75, 3.05) is 6.61 Å². The smallest absolute Gasteiger partial charge is 0.123 e. The van der Waals surface area contributed by atoms with E-state index >= 15 is 0 Å². The van der Waals surface area contributed by atoms with E-state index < -0.39 is 5.60 Å².